The van der Waals surface area contributed by atoms with Crippen LogP contribution in [0.5, 0.6) is 5.75 Å². The number of carboxylic acid groups (broad SMARTS) is 1. The summed E-state index contributed by atoms with van der Waals surface area (Å²) in [6.45, 7) is 2.47. The number of aliphatic carboxylic acids is 1. The van der Waals surface area contributed by atoms with Gasteiger partial charge in [0.1, 0.15) is 23.9 Å². The molecule has 0 radical (unpaired) electrons. The van der Waals surface area contributed by atoms with Gasteiger partial charge in [-0.25, -0.2) is 4.79 Å². The van der Waals surface area contributed by atoms with Crippen molar-refractivity contribution in [2.75, 3.05) is 13.2 Å². The summed E-state index contributed by atoms with van der Waals surface area (Å²) >= 11 is 0. The van der Waals surface area contributed by atoms with Gasteiger partial charge in [0, 0.05) is 6.42 Å². The third-order valence-electron chi connectivity index (χ3n) is 4.76. The van der Waals surface area contributed by atoms with Gasteiger partial charge in [0.25, 0.3) is 0 Å². The van der Waals surface area contributed by atoms with Crippen LogP contribution in [-0.4, -0.2) is 70.3 Å². The fourth-order valence-electron chi connectivity index (χ4n) is 2.64. The van der Waals surface area contributed by atoms with Crippen LogP contribution < -0.4 is 21.7 Å². The molecule has 0 aliphatic rings. The van der Waals surface area contributed by atoms with Crippen LogP contribution in [0.3, 0.4) is 0 Å². The van der Waals surface area contributed by atoms with Crippen molar-refractivity contribution in [2.24, 2.45) is 11.7 Å². The number of carbonyl (C=O) groups is 4. The molecule has 11 nitrogen and oxygen atoms in total. The van der Waals surface area contributed by atoms with Gasteiger partial charge in [-0.05, 0) is 23.6 Å². The van der Waals surface area contributed by atoms with E-state index in [1.54, 1.807) is 6.92 Å². The lowest BCUT2D eigenvalue weighted by molar-refractivity contribution is -0.141. The molecule has 0 saturated carbocycles. The second-order valence-electron chi connectivity index (χ2n) is 7.21. The standard InChI is InChI=1S/C20H30N4O7/c1-3-11(2)17(24-18(28)14(21)10-25)19(29)22-9-16(27)23-15(20(30)31)8-12-4-6-13(26)7-5-12/h4-7,11,14-15,17,25-26H,3,8-10,21H2,1-2H3,(H,22,29)(H,23,27)(H,24,28)(H,30,31). The molecule has 0 saturated heterocycles. The predicted octanol–water partition coefficient (Wildman–Crippen LogP) is -1.53. The Morgan fingerprint density at radius 3 is 2.19 bits per heavy atom. The number of nitrogens with two attached hydrogens (primary N) is 1. The Labute approximate surface area is 180 Å². The lowest BCUT2D eigenvalue weighted by Crippen LogP contribution is -2.56. The number of hydrogen-bond donors (Lipinski definition) is 7. The first-order valence-electron chi connectivity index (χ1n) is 9.83. The average molecular weight is 438 g/mol. The minimum absolute atomic E-state index is 0.0140. The number of aliphatic hydroxyl groups is 1. The number of aromatic hydroxyl groups is 1. The second kappa shape index (κ2) is 12.5. The minimum Gasteiger partial charge on any atom is -0.508 e. The van der Waals surface area contributed by atoms with Crippen molar-refractivity contribution >= 4 is 23.7 Å². The van der Waals surface area contributed by atoms with Crippen LogP contribution in [0, 0.1) is 5.92 Å². The quantitative estimate of drug-likeness (QED) is 0.204. The molecule has 0 aliphatic carbocycles. The maximum Gasteiger partial charge on any atom is 0.326 e. The molecule has 4 atom stereocenters. The molecule has 31 heavy (non-hydrogen) atoms. The van der Waals surface area contributed by atoms with Crippen LogP contribution in [0.15, 0.2) is 24.3 Å². The maximum atomic E-state index is 12.5. The van der Waals surface area contributed by atoms with E-state index in [1.165, 1.54) is 24.3 Å². The molecule has 8 N–H and O–H groups in total. The number of nitrogens with one attached hydrogen (secondary N) is 3. The van der Waals surface area contributed by atoms with E-state index in [4.69, 9.17) is 10.8 Å². The summed E-state index contributed by atoms with van der Waals surface area (Å²) < 4.78 is 0. The predicted molar refractivity (Wildman–Crippen MR) is 111 cm³/mol. The van der Waals surface area contributed by atoms with E-state index in [1.807, 2.05) is 6.92 Å². The Hall–Kier alpha value is -3.18. The lowest BCUT2D eigenvalue weighted by Gasteiger charge is -2.24. The lowest BCUT2D eigenvalue weighted by atomic mass is 9.98. The molecule has 0 aliphatic heterocycles. The number of phenolic OH excluding ortho intramolecular Hbond substituents is 1. The van der Waals surface area contributed by atoms with Gasteiger partial charge in [-0.3, -0.25) is 14.4 Å². The van der Waals surface area contributed by atoms with Gasteiger partial charge < -0.3 is 37.0 Å². The first-order chi connectivity index (χ1) is 14.6. The molecule has 1 aromatic carbocycles. The van der Waals surface area contributed by atoms with Crippen LogP contribution >= 0.6 is 0 Å². The van der Waals surface area contributed by atoms with Gasteiger partial charge in [0.05, 0.1) is 13.2 Å². The minimum atomic E-state index is -1.25. The SMILES string of the molecule is CCC(C)C(NC(=O)C(N)CO)C(=O)NCC(=O)NC(Cc1ccc(O)cc1)C(=O)O. The highest BCUT2D eigenvalue weighted by Gasteiger charge is 2.28. The van der Waals surface area contributed by atoms with E-state index in [9.17, 15) is 29.4 Å². The number of carboxylic acids is 1. The van der Waals surface area contributed by atoms with Crippen LogP contribution in [0.2, 0.25) is 0 Å². The highest BCUT2D eigenvalue weighted by atomic mass is 16.4. The van der Waals surface area contributed by atoms with Crippen LogP contribution in [0.25, 0.3) is 0 Å². The van der Waals surface area contributed by atoms with Crippen LogP contribution in [-0.2, 0) is 25.6 Å². The van der Waals surface area contributed by atoms with E-state index in [0.717, 1.165) is 0 Å². The molecule has 1 aromatic rings. The molecule has 11 heteroatoms. The monoisotopic (exact) mass is 438 g/mol. The van der Waals surface area contributed by atoms with Crippen molar-refractivity contribution in [3.63, 3.8) is 0 Å². The highest BCUT2D eigenvalue weighted by molar-refractivity contribution is 5.92. The number of benzene rings is 1. The van der Waals surface area contributed by atoms with E-state index in [-0.39, 0.29) is 18.1 Å². The smallest absolute Gasteiger partial charge is 0.326 e. The topological polar surface area (TPSA) is 191 Å². The van der Waals surface area contributed by atoms with Crippen LogP contribution in [0.4, 0.5) is 0 Å². The second-order valence-corrected chi connectivity index (χ2v) is 7.21. The zero-order valence-corrected chi connectivity index (χ0v) is 17.5. The molecular weight excluding hydrogens is 408 g/mol. The molecule has 0 aromatic heterocycles. The van der Waals surface area contributed by atoms with Gasteiger partial charge in [-0.2, -0.15) is 0 Å². The highest BCUT2D eigenvalue weighted by Crippen LogP contribution is 2.11. The molecule has 1 rings (SSSR count). The summed E-state index contributed by atoms with van der Waals surface area (Å²) in [7, 11) is 0. The Bertz CT molecular complexity index is 769. The Morgan fingerprint density at radius 2 is 1.68 bits per heavy atom. The van der Waals surface area contributed by atoms with Crippen molar-refractivity contribution in [1.82, 2.24) is 16.0 Å². The number of carbonyl (C=O) groups excluding carboxylic acids is 3. The molecule has 0 bridgehead atoms. The molecule has 4 unspecified atom stereocenters. The van der Waals surface area contributed by atoms with Crippen molar-refractivity contribution in [1.29, 1.82) is 0 Å². The first kappa shape index (κ1) is 25.9. The Kier molecular flexibility index (Phi) is 10.4. The molecule has 0 spiro atoms. The molecule has 0 fully saturated rings. The number of aliphatic hydroxyl groups excluding tert-OH is 1. The van der Waals surface area contributed by atoms with E-state index >= 15 is 0 Å². The van der Waals surface area contributed by atoms with Crippen molar-refractivity contribution in [3.05, 3.63) is 29.8 Å². The number of phenols is 1. The Morgan fingerprint density at radius 1 is 1.06 bits per heavy atom. The molecular formula is C20H30N4O7. The summed E-state index contributed by atoms with van der Waals surface area (Å²) in [5, 5.41) is 34.8. The summed E-state index contributed by atoms with van der Waals surface area (Å²) in [5.74, 6) is -3.55. The zero-order valence-electron chi connectivity index (χ0n) is 17.5. The molecule has 3 amide bonds. The summed E-state index contributed by atoms with van der Waals surface area (Å²) in [6.07, 6.45) is 0.534. The van der Waals surface area contributed by atoms with Gasteiger partial charge in [-0.1, -0.05) is 32.4 Å². The third-order valence-corrected chi connectivity index (χ3v) is 4.76. The maximum absolute atomic E-state index is 12.5. The number of hydrogen-bond acceptors (Lipinski definition) is 7. The number of amides is 3. The normalized spacial score (nSPS) is 14.6. The van der Waals surface area contributed by atoms with Crippen molar-refractivity contribution < 1.29 is 34.5 Å². The fourth-order valence-corrected chi connectivity index (χ4v) is 2.64. The zero-order chi connectivity index (χ0) is 23.6. The molecule has 172 valence electrons. The summed E-state index contributed by atoms with van der Waals surface area (Å²) in [5.41, 5.74) is 6.05. The van der Waals surface area contributed by atoms with Gasteiger partial charge in [0.2, 0.25) is 17.7 Å². The van der Waals surface area contributed by atoms with E-state index in [2.05, 4.69) is 16.0 Å². The van der Waals surface area contributed by atoms with Gasteiger partial charge in [-0.15, -0.1) is 0 Å². The number of rotatable bonds is 12. The third kappa shape index (κ3) is 8.60. The molecule has 0 heterocycles. The first-order valence-corrected chi connectivity index (χ1v) is 9.83. The van der Waals surface area contributed by atoms with Gasteiger partial charge >= 0.3 is 5.97 Å². The average Bonchev–Trinajstić information content (AvgIpc) is 2.75. The van der Waals surface area contributed by atoms with E-state index in [0.29, 0.717) is 12.0 Å². The van der Waals surface area contributed by atoms with Crippen molar-refractivity contribution in [2.45, 2.75) is 44.8 Å². The van der Waals surface area contributed by atoms with Crippen LogP contribution in [0.1, 0.15) is 25.8 Å². The Balaban J connectivity index is 2.69. The van der Waals surface area contributed by atoms with Gasteiger partial charge in [0.15, 0.2) is 0 Å². The van der Waals surface area contributed by atoms with Crippen molar-refractivity contribution in [3.8, 4) is 5.75 Å². The summed E-state index contributed by atoms with van der Waals surface area (Å²) in [4.78, 5) is 48.1. The summed E-state index contributed by atoms with van der Waals surface area (Å²) in [6, 6.07) is 2.49. The van der Waals surface area contributed by atoms with E-state index < -0.39 is 55.0 Å². The fraction of sp³-hybridized carbons (Fsp3) is 0.500. The largest absolute Gasteiger partial charge is 0.508 e.